The van der Waals surface area contributed by atoms with Gasteiger partial charge in [-0.15, -0.1) is 0 Å². The van der Waals surface area contributed by atoms with E-state index >= 15 is 0 Å². The molecule has 3 aliphatic rings. The van der Waals surface area contributed by atoms with E-state index in [-0.39, 0.29) is 19.0 Å². The van der Waals surface area contributed by atoms with E-state index in [0.29, 0.717) is 18.8 Å². The van der Waals surface area contributed by atoms with Gasteiger partial charge in [-0.1, -0.05) is 0 Å². The highest BCUT2D eigenvalue weighted by Gasteiger charge is 2.51. The molecule has 2 aliphatic heterocycles. The first-order valence-electron chi connectivity index (χ1n) is 8.93. The number of amides is 1. The van der Waals surface area contributed by atoms with E-state index in [1.54, 1.807) is 0 Å². The van der Waals surface area contributed by atoms with Crippen molar-refractivity contribution >= 4 is 15.9 Å². The van der Waals surface area contributed by atoms with Crippen LogP contribution < -0.4 is 11.2 Å². The summed E-state index contributed by atoms with van der Waals surface area (Å²) >= 11 is 0. The number of H-pyrrole nitrogens is 2. The number of aromatic amines is 2. The molecule has 1 saturated carbocycles. The van der Waals surface area contributed by atoms with Crippen molar-refractivity contribution in [2.24, 2.45) is 11.3 Å². The fourth-order valence-electron chi connectivity index (χ4n) is 4.08. The quantitative estimate of drug-likeness (QED) is 0.725. The summed E-state index contributed by atoms with van der Waals surface area (Å²) in [4.78, 5) is 41.6. The Hall–Kier alpha value is -1.94. The van der Waals surface area contributed by atoms with Crippen molar-refractivity contribution in [3.8, 4) is 0 Å². The van der Waals surface area contributed by atoms with Crippen molar-refractivity contribution in [1.29, 1.82) is 0 Å². The van der Waals surface area contributed by atoms with Crippen molar-refractivity contribution in [2.75, 3.05) is 26.2 Å². The molecule has 10 heteroatoms. The van der Waals surface area contributed by atoms with Crippen molar-refractivity contribution in [2.45, 2.75) is 37.0 Å². The number of nitrogens with zero attached hydrogens (tertiary/aromatic N) is 2. The summed E-state index contributed by atoms with van der Waals surface area (Å²) in [5, 5.41) is 0. The van der Waals surface area contributed by atoms with Gasteiger partial charge in [-0.3, -0.25) is 14.6 Å². The van der Waals surface area contributed by atoms with E-state index in [4.69, 9.17) is 0 Å². The number of likely N-dealkylation sites (tertiary alicyclic amines) is 1. The van der Waals surface area contributed by atoms with Crippen LogP contribution in [0.5, 0.6) is 0 Å². The molecule has 1 atom stereocenters. The summed E-state index contributed by atoms with van der Waals surface area (Å²) in [5.41, 5.74) is -2.39. The third-order valence-corrected chi connectivity index (χ3v) is 7.57. The van der Waals surface area contributed by atoms with Crippen molar-refractivity contribution in [3.05, 3.63) is 27.0 Å². The number of aromatic nitrogens is 2. The molecule has 2 saturated heterocycles. The highest BCUT2D eigenvalue weighted by molar-refractivity contribution is 7.89. The summed E-state index contributed by atoms with van der Waals surface area (Å²) in [6, 6.07) is 0. The van der Waals surface area contributed by atoms with E-state index in [9.17, 15) is 22.8 Å². The smallest absolute Gasteiger partial charge is 0.325 e. The first-order valence-corrected chi connectivity index (χ1v) is 10.4. The van der Waals surface area contributed by atoms with Crippen LogP contribution in [0.25, 0.3) is 0 Å². The Balaban J connectivity index is 1.58. The number of hydrogen-bond acceptors (Lipinski definition) is 5. The molecule has 4 rings (SSSR count). The van der Waals surface area contributed by atoms with Gasteiger partial charge in [-0.05, 0) is 38.0 Å². The molecule has 1 aromatic heterocycles. The Morgan fingerprint density at radius 2 is 1.92 bits per heavy atom. The molecule has 3 fully saturated rings. The van der Waals surface area contributed by atoms with Crippen LogP contribution in [0.2, 0.25) is 0 Å². The number of carbonyl (C=O) groups is 1. The molecule has 9 nitrogen and oxygen atoms in total. The molecule has 1 amide bonds. The van der Waals surface area contributed by atoms with Gasteiger partial charge in [0, 0.05) is 32.4 Å². The number of hydrogen-bond donors (Lipinski definition) is 2. The van der Waals surface area contributed by atoms with Crippen molar-refractivity contribution in [3.63, 3.8) is 0 Å². The lowest BCUT2D eigenvalue weighted by atomic mass is 9.78. The maximum atomic E-state index is 13.0. The van der Waals surface area contributed by atoms with E-state index in [1.165, 1.54) is 4.31 Å². The molecule has 1 aromatic rings. The van der Waals surface area contributed by atoms with Gasteiger partial charge in [0.25, 0.3) is 5.56 Å². The molecule has 2 N–H and O–H groups in total. The Morgan fingerprint density at radius 3 is 2.62 bits per heavy atom. The van der Waals surface area contributed by atoms with Gasteiger partial charge >= 0.3 is 5.69 Å². The van der Waals surface area contributed by atoms with Gasteiger partial charge in [-0.2, -0.15) is 4.31 Å². The van der Waals surface area contributed by atoms with Crippen LogP contribution in [0, 0.1) is 11.3 Å². The molecule has 3 heterocycles. The lowest BCUT2D eigenvalue weighted by molar-refractivity contribution is -0.145. The molecule has 26 heavy (non-hydrogen) atoms. The molecule has 0 unspecified atom stereocenters. The van der Waals surface area contributed by atoms with Crippen LogP contribution in [-0.2, 0) is 14.8 Å². The second-order valence-corrected chi connectivity index (χ2v) is 9.51. The lowest BCUT2D eigenvalue weighted by Gasteiger charge is -2.39. The van der Waals surface area contributed by atoms with Crippen molar-refractivity contribution in [1.82, 2.24) is 19.2 Å². The third kappa shape index (κ3) is 2.90. The van der Waals surface area contributed by atoms with Crippen LogP contribution in [0.15, 0.2) is 20.7 Å². The second-order valence-electron chi connectivity index (χ2n) is 7.60. The van der Waals surface area contributed by atoms with Gasteiger partial charge in [0.2, 0.25) is 15.9 Å². The highest BCUT2D eigenvalue weighted by Crippen LogP contribution is 2.42. The van der Waals surface area contributed by atoms with Gasteiger partial charge in [-0.25, -0.2) is 13.2 Å². The van der Waals surface area contributed by atoms with Crippen LogP contribution in [0.1, 0.15) is 32.1 Å². The van der Waals surface area contributed by atoms with Gasteiger partial charge in [0.15, 0.2) is 4.90 Å². The molecule has 0 bridgehead atoms. The number of sulfonamides is 1. The van der Waals surface area contributed by atoms with Gasteiger partial charge < -0.3 is 9.88 Å². The zero-order valence-corrected chi connectivity index (χ0v) is 15.2. The highest BCUT2D eigenvalue weighted by atomic mass is 32.2. The normalized spacial score (nSPS) is 27.4. The minimum Gasteiger partial charge on any atom is -0.342 e. The summed E-state index contributed by atoms with van der Waals surface area (Å²) in [5.74, 6) is 0.638. The zero-order chi connectivity index (χ0) is 18.5. The third-order valence-electron chi connectivity index (χ3n) is 5.72. The maximum Gasteiger partial charge on any atom is 0.325 e. The van der Waals surface area contributed by atoms with Crippen LogP contribution in [0.3, 0.4) is 0 Å². The minimum atomic E-state index is -4.06. The molecule has 1 aliphatic carbocycles. The summed E-state index contributed by atoms with van der Waals surface area (Å²) in [7, 11) is -4.06. The number of carbonyl (C=O) groups excluding carboxylic acids is 1. The first-order chi connectivity index (χ1) is 12.3. The predicted octanol–water partition coefficient (Wildman–Crippen LogP) is -0.524. The predicted molar refractivity (Wildman–Crippen MR) is 92.0 cm³/mol. The Labute approximate surface area is 150 Å². The maximum absolute atomic E-state index is 13.0. The van der Waals surface area contributed by atoms with E-state index < -0.39 is 31.6 Å². The number of nitrogens with one attached hydrogen (secondary N) is 2. The lowest BCUT2D eigenvalue weighted by Crippen LogP contribution is -2.51. The molecular weight excluding hydrogens is 360 g/mol. The fourth-order valence-corrected chi connectivity index (χ4v) is 5.60. The van der Waals surface area contributed by atoms with Crippen LogP contribution >= 0.6 is 0 Å². The Bertz CT molecular complexity index is 948. The van der Waals surface area contributed by atoms with E-state index in [2.05, 4.69) is 4.98 Å². The monoisotopic (exact) mass is 382 g/mol. The average molecular weight is 382 g/mol. The molecule has 142 valence electrons. The standard InChI is InChI=1S/C16H22N4O5S/c21-13-12(8-17-15(23)18-13)26(24,25)20-7-5-16(10-20)4-1-6-19(14(16)22)9-11-2-3-11/h8,11H,1-7,9-10H2,(H2,17,18,21,23)/t16-/m1/s1. The SMILES string of the molecule is O=C1N(CC2CC2)CCC[C@]12CCN(S(=O)(=O)c1c[nH]c(=O)[nH]c1=O)C2. The van der Waals surface area contributed by atoms with Crippen LogP contribution in [0.4, 0.5) is 0 Å². The van der Waals surface area contributed by atoms with Crippen LogP contribution in [-0.4, -0.2) is 59.7 Å². The summed E-state index contributed by atoms with van der Waals surface area (Å²) in [6.07, 6.45) is 5.24. The van der Waals surface area contributed by atoms with E-state index in [0.717, 1.165) is 38.5 Å². The number of rotatable bonds is 4. The average Bonchev–Trinajstić information content (AvgIpc) is 3.29. The summed E-state index contributed by atoms with van der Waals surface area (Å²) in [6.45, 7) is 1.80. The first kappa shape index (κ1) is 17.5. The second kappa shape index (κ2) is 6.05. The fraction of sp³-hybridized carbons (Fsp3) is 0.688. The Morgan fingerprint density at radius 1 is 1.15 bits per heavy atom. The van der Waals surface area contributed by atoms with Gasteiger partial charge in [0.1, 0.15) is 0 Å². The largest absolute Gasteiger partial charge is 0.342 e. The Kier molecular flexibility index (Phi) is 4.07. The van der Waals surface area contributed by atoms with Gasteiger partial charge in [0.05, 0.1) is 5.41 Å². The molecular formula is C16H22N4O5S. The molecule has 0 radical (unpaired) electrons. The minimum absolute atomic E-state index is 0.0451. The zero-order valence-electron chi connectivity index (χ0n) is 14.4. The number of piperidine rings is 1. The summed E-state index contributed by atoms with van der Waals surface area (Å²) < 4.78 is 26.9. The van der Waals surface area contributed by atoms with E-state index in [1.807, 2.05) is 9.88 Å². The van der Waals surface area contributed by atoms with Crippen molar-refractivity contribution < 1.29 is 13.2 Å². The molecule has 1 spiro atoms. The molecule has 0 aromatic carbocycles. The topological polar surface area (TPSA) is 123 Å².